The molecule has 0 unspecified atom stereocenters. The average Bonchev–Trinajstić information content (AvgIpc) is 2.85. The number of carbonyl (C=O) groups is 1. The molecule has 1 heterocycles. The Morgan fingerprint density at radius 2 is 2.00 bits per heavy atom. The second-order valence-corrected chi connectivity index (χ2v) is 3.88. The van der Waals surface area contributed by atoms with Gasteiger partial charge in [-0.1, -0.05) is 0 Å². The average molecular weight is 284 g/mol. The summed E-state index contributed by atoms with van der Waals surface area (Å²) in [6.45, 7) is -1.16. The third-order valence-corrected chi connectivity index (χ3v) is 2.54. The number of alkyl halides is 2. The van der Waals surface area contributed by atoms with E-state index in [2.05, 4.69) is 5.10 Å². The molecule has 0 saturated heterocycles. The Morgan fingerprint density at radius 1 is 1.35 bits per heavy atom. The maximum absolute atomic E-state index is 12.9. The minimum Gasteiger partial charge on any atom is -0.462 e. The van der Waals surface area contributed by atoms with E-state index in [4.69, 9.17) is 4.74 Å². The highest BCUT2D eigenvalue weighted by atomic mass is 19.3. The van der Waals surface area contributed by atoms with Crippen LogP contribution in [0.1, 0.15) is 23.8 Å². The van der Waals surface area contributed by atoms with Gasteiger partial charge in [-0.15, -0.1) is 0 Å². The van der Waals surface area contributed by atoms with Crippen LogP contribution in [0.3, 0.4) is 0 Å². The van der Waals surface area contributed by atoms with E-state index >= 15 is 0 Å². The summed E-state index contributed by atoms with van der Waals surface area (Å²) >= 11 is 0. The van der Waals surface area contributed by atoms with E-state index < -0.39 is 18.3 Å². The van der Waals surface area contributed by atoms with E-state index in [-0.39, 0.29) is 17.9 Å². The van der Waals surface area contributed by atoms with Gasteiger partial charge < -0.3 is 4.74 Å². The Labute approximate surface area is 112 Å². The van der Waals surface area contributed by atoms with Gasteiger partial charge in [0.15, 0.2) is 0 Å². The number of rotatable bonds is 4. The minimum absolute atomic E-state index is 0.0313. The van der Waals surface area contributed by atoms with Crippen LogP contribution in [-0.2, 0) is 4.74 Å². The van der Waals surface area contributed by atoms with Crippen LogP contribution in [0.5, 0.6) is 0 Å². The molecule has 20 heavy (non-hydrogen) atoms. The molecule has 0 aliphatic heterocycles. The van der Waals surface area contributed by atoms with E-state index in [1.54, 1.807) is 6.92 Å². The summed E-state index contributed by atoms with van der Waals surface area (Å²) in [5.41, 5.74) is 0.302. The van der Waals surface area contributed by atoms with Crippen LogP contribution >= 0.6 is 0 Å². The molecule has 0 atom stereocenters. The Kier molecular flexibility index (Phi) is 4.07. The van der Waals surface area contributed by atoms with Gasteiger partial charge in [-0.05, 0) is 31.2 Å². The van der Waals surface area contributed by atoms with Crippen LogP contribution in [0.15, 0.2) is 30.5 Å². The maximum Gasteiger partial charge on any atom is 0.341 e. The maximum atomic E-state index is 12.9. The van der Waals surface area contributed by atoms with Crippen molar-refractivity contribution in [2.24, 2.45) is 0 Å². The van der Waals surface area contributed by atoms with Crippen LogP contribution in [-0.4, -0.2) is 22.4 Å². The van der Waals surface area contributed by atoms with Gasteiger partial charge in [0.2, 0.25) is 0 Å². The number of halogens is 3. The highest BCUT2D eigenvalue weighted by molar-refractivity contribution is 5.96. The lowest BCUT2D eigenvalue weighted by Crippen LogP contribution is -2.05. The number of esters is 1. The number of benzene rings is 1. The zero-order chi connectivity index (χ0) is 14.7. The Morgan fingerprint density at radius 3 is 2.55 bits per heavy atom. The molecule has 0 bridgehead atoms. The predicted octanol–water partition coefficient (Wildman–Crippen LogP) is 3.26. The predicted molar refractivity (Wildman–Crippen MR) is 64.8 cm³/mol. The molecule has 106 valence electrons. The van der Waals surface area contributed by atoms with Crippen molar-refractivity contribution in [2.45, 2.75) is 13.5 Å². The van der Waals surface area contributed by atoms with Crippen LogP contribution in [0.25, 0.3) is 11.3 Å². The lowest BCUT2D eigenvalue weighted by molar-refractivity contribution is 0.0516. The normalized spacial score (nSPS) is 10.8. The summed E-state index contributed by atoms with van der Waals surface area (Å²) in [6, 6.07) is 5.03. The van der Waals surface area contributed by atoms with Crippen LogP contribution in [0.4, 0.5) is 13.2 Å². The first kappa shape index (κ1) is 14.1. The Balaban J connectivity index is 2.49. The van der Waals surface area contributed by atoms with Crippen molar-refractivity contribution in [3.63, 3.8) is 0 Å². The number of nitrogens with zero attached hydrogens (tertiary/aromatic N) is 2. The molecule has 2 aromatic rings. The molecular formula is C13H11F3N2O2. The largest absolute Gasteiger partial charge is 0.462 e. The molecule has 0 amide bonds. The molecular weight excluding hydrogens is 273 g/mol. The standard InChI is InChI=1S/C13H11F3N2O2/c1-2-20-12(19)10-7-18(13(15)16)17-11(10)8-3-5-9(14)6-4-8/h3-7,13H,2H2,1H3. The van der Waals surface area contributed by atoms with E-state index in [0.717, 1.165) is 18.3 Å². The first-order valence-electron chi connectivity index (χ1n) is 5.83. The molecule has 1 aromatic heterocycles. The van der Waals surface area contributed by atoms with Gasteiger partial charge in [0.1, 0.15) is 17.1 Å². The third kappa shape index (κ3) is 2.81. The SMILES string of the molecule is CCOC(=O)c1cn(C(F)F)nc1-c1ccc(F)cc1. The number of carbonyl (C=O) groups excluding carboxylic acids is 1. The second kappa shape index (κ2) is 5.77. The summed E-state index contributed by atoms with van der Waals surface area (Å²) in [4.78, 5) is 11.7. The molecule has 1 aromatic carbocycles. The lowest BCUT2D eigenvalue weighted by Gasteiger charge is -2.02. The van der Waals surface area contributed by atoms with Gasteiger partial charge >= 0.3 is 12.5 Å². The summed E-state index contributed by atoms with van der Waals surface area (Å²) in [6.07, 6.45) is 0.918. The van der Waals surface area contributed by atoms with Crippen LogP contribution in [0.2, 0.25) is 0 Å². The fourth-order valence-corrected chi connectivity index (χ4v) is 1.67. The van der Waals surface area contributed by atoms with Gasteiger partial charge in [0, 0.05) is 11.8 Å². The molecule has 2 rings (SSSR count). The topological polar surface area (TPSA) is 44.1 Å². The molecule has 7 heteroatoms. The molecule has 0 spiro atoms. The highest BCUT2D eigenvalue weighted by Crippen LogP contribution is 2.25. The zero-order valence-electron chi connectivity index (χ0n) is 10.5. The molecule has 0 radical (unpaired) electrons. The number of ether oxygens (including phenoxy) is 1. The van der Waals surface area contributed by atoms with Crippen molar-refractivity contribution >= 4 is 5.97 Å². The van der Waals surface area contributed by atoms with E-state index in [0.29, 0.717) is 10.2 Å². The Hall–Kier alpha value is -2.31. The van der Waals surface area contributed by atoms with Gasteiger partial charge in [-0.25, -0.2) is 13.9 Å². The van der Waals surface area contributed by atoms with E-state index in [1.165, 1.54) is 12.1 Å². The van der Waals surface area contributed by atoms with Crippen LogP contribution < -0.4 is 0 Å². The number of hydrogen-bond donors (Lipinski definition) is 0. The van der Waals surface area contributed by atoms with Gasteiger partial charge in [0.05, 0.1) is 6.61 Å². The van der Waals surface area contributed by atoms with E-state index in [9.17, 15) is 18.0 Å². The lowest BCUT2D eigenvalue weighted by atomic mass is 10.1. The van der Waals surface area contributed by atoms with Crippen molar-refractivity contribution in [1.29, 1.82) is 0 Å². The number of hydrogen-bond acceptors (Lipinski definition) is 3. The minimum atomic E-state index is -2.88. The number of aromatic nitrogens is 2. The fraction of sp³-hybridized carbons (Fsp3) is 0.231. The molecule has 0 aliphatic carbocycles. The van der Waals surface area contributed by atoms with Crippen molar-refractivity contribution in [1.82, 2.24) is 9.78 Å². The molecule has 0 saturated carbocycles. The summed E-state index contributed by atoms with van der Waals surface area (Å²) in [7, 11) is 0. The fourth-order valence-electron chi connectivity index (χ4n) is 1.67. The monoisotopic (exact) mass is 284 g/mol. The molecule has 4 nitrogen and oxygen atoms in total. The third-order valence-electron chi connectivity index (χ3n) is 2.54. The van der Waals surface area contributed by atoms with Gasteiger partial charge in [0.25, 0.3) is 0 Å². The van der Waals surface area contributed by atoms with Crippen molar-refractivity contribution in [3.05, 3.63) is 41.8 Å². The molecule has 0 fully saturated rings. The molecule has 0 N–H and O–H groups in total. The summed E-state index contributed by atoms with van der Waals surface area (Å²) in [5, 5.41) is 3.66. The second-order valence-electron chi connectivity index (χ2n) is 3.88. The van der Waals surface area contributed by atoms with Crippen molar-refractivity contribution in [3.8, 4) is 11.3 Å². The van der Waals surface area contributed by atoms with Crippen molar-refractivity contribution < 1.29 is 22.7 Å². The highest BCUT2D eigenvalue weighted by Gasteiger charge is 2.21. The summed E-state index contributed by atoms with van der Waals surface area (Å²) in [5.74, 6) is -1.22. The smallest absolute Gasteiger partial charge is 0.341 e. The van der Waals surface area contributed by atoms with Crippen molar-refractivity contribution in [2.75, 3.05) is 6.61 Å². The van der Waals surface area contributed by atoms with Gasteiger partial charge in [-0.3, -0.25) is 0 Å². The quantitative estimate of drug-likeness (QED) is 0.809. The first-order valence-corrected chi connectivity index (χ1v) is 5.83. The first-order chi connectivity index (χ1) is 9.52. The van der Waals surface area contributed by atoms with E-state index in [1.807, 2.05) is 0 Å². The Bertz CT molecular complexity index is 609. The zero-order valence-corrected chi connectivity index (χ0v) is 10.5. The summed E-state index contributed by atoms with van der Waals surface area (Å²) < 4.78 is 43.4. The van der Waals surface area contributed by atoms with Gasteiger partial charge in [-0.2, -0.15) is 13.9 Å². The molecule has 0 aliphatic rings. The van der Waals surface area contributed by atoms with Crippen LogP contribution in [0, 0.1) is 5.82 Å².